The molecule has 0 aliphatic carbocycles. The second kappa shape index (κ2) is 12.5. The minimum absolute atomic E-state index is 0.0453. The highest BCUT2D eigenvalue weighted by atomic mass is 32.2. The van der Waals surface area contributed by atoms with Crippen LogP contribution >= 0.6 is 11.8 Å². The van der Waals surface area contributed by atoms with Gasteiger partial charge in [0, 0.05) is 11.8 Å². The Morgan fingerprint density at radius 3 is 2.33 bits per heavy atom. The fourth-order valence-electron chi connectivity index (χ4n) is 2.87. The van der Waals surface area contributed by atoms with Crippen LogP contribution in [0.25, 0.3) is 0 Å². The Hall–Kier alpha value is -3.47. The van der Waals surface area contributed by atoms with Crippen molar-refractivity contribution in [2.24, 2.45) is 0 Å². The van der Waals surface area contributed by atoms with E-state index in [-0.39, 0.29) is 41.2 Å². The SMILES string of the molecule is CC(C)OC(=O)CC(NC(=O)CSCC(=O)Nc1ccc(F)cc1)c1ccccc1[N+](=O)[O-]. The van der Waals surface area contributed by atoms with E-state index in [0.29, 0.717) is 5.69 Å². The second-order valence-electron chi connectivity index (χ2n) is 7.23. The van der Waals surface area contributed by atoms with Crippen LogP contribution in [0.2, 0.25) is 0 Å². The van der Waals surface area contributed by atoms with Crippen molar-refractivity contribution in [1.82, 2.24) is 5.32 Å². The van der Waals surface area contributed by atoms with E-state index in [2.05, 4.69) is 10.6 Å². The van der Waals surface area contributed by atoms with Gasteiger partial charge in [-0.3, -0.25) is 24.5 Å². The molecule has 0 fully saturated rings. The number of amides is 2. The van der Waals surface area contributed by atoms with Crippen molar-refractivity contribution < 1.29 is 28.4 Å². The van der Waals surface area contributed by atoms with Crippen molar-refractivity contribution in [2.45, 2.75) is 32.4 Å². The fraction of sp³-hybridized carbons (Fsp3) is 0.318. The Morgan fingerprint density at radius 1 is 1.06 bits per heavy atom. The van der Waals surface area contributed by atoms with Crippen molar-refractivity contribution in [2.75, 3.05) is 16.8 Å². The first kappa shape index (κ1) is 25.8. The van der Waals surface area contributed by atoms with Gasteiger partial charge in [-0.05, 0) is 38.1 Å². The Bertz CT molecular complexity index is 1000. The van der Waals surface area contributed by atoms with Crippen molar-refractivity contribution in [1.29, 1.82) is 0 Å². The first-order valence-corrected chi connectivity index (χ1v) is 11.2. The number of nitrogens with zero attached hydrogens (tertiary/aromatic N) is 1. The van der Waals surface area contributed by atoms with Gasteiger partial charge in [-0.25, -0.2) is 4.39 Å². The monoisotopic (exact) mass is 477 g/mol. The molecule has 2 amide bonds. The predicted octanol–water partition coefficient (Wildman–Crippen LogP) is 3.60. The number of carbonyl (C=O) groups is 3. The average molecular weight is 478 g/mol. The van der Waals surface area contributed by atoms with E-state index in [1.165, 1.54) is 42.5 Å². The van der Waals surface area contributed by atoms with Crippen LogP contribution in [-0.2, 0) is 19.1 Å². The molecular formula is C22H24FN3O6S. The number of carbonyl (C=O) groups excluding carboxylic acids is 3. The number of hydrogen-bond donors (Lipinski definition) is 2. The molecule has 33 heavy (non-hydrogen) atoms. The van der Waals surface area contributed by atoms with E-state index in [9.17, 15) is 28.9 Å². The number of anilines is 1. The van der Waals surface area contributed by atoms with Crippen molar-refractivity contribution in [3.8, 4) is 0 Å². The van der Waals surface area contributed by atoms with Crippen molar-refractivity contribution in [3.63, 3.8) is 0 Å². The highest BCUT2D eigenvalue weighted by molar-refractivity contribution is 8.00. The molecule has 0 radical (unpaired) electrons. The summed E-state index contributed by atoms with van der Waals surface area (Å²) < 4.78 is 18.0. The Morgan fingerprint density at radius 2 is 1.70 bits per heavy atom. The zero-order valence-electron chi connectivity index (χ0n) is 18.1. The summed E-state index contributed by atoms with van der Waals surface area (Å²) in [5.41, 5.74) is 0.369. The number of thioether (sulfide) groups is 1. The minimum Gasteiger partial charge on any atom is -0.463 e. The topological polar surface area (TPSA) is 128 Å². The van der Waals surface area contributed by atoms with Crippen molar-refractivity contribution in [3.05, 3.63) is 70.0 Å². The molecule has 2 rings (SSSR count). The summed E-state index contributed by atoms with van der Waals surface area (Å²) >= 11 is 1.02. The van der Waals surface area contributed by atoms with Gasteiger partial charge in [0.2, 0.25) is 11.8 Å². The maximum Gasteiger partial charge on any atom is 0.308 e. The van der Waals surface area contributed by atoms with Crippen LogP contribution in [0.5, 0.6) is 0 Å². The number of benzene rings is 2. The van der Waals surface area contributed by atoms with Gasteiger partial charge in [-0.1, -0.05) is 18.2 Å². The van der Waals surface area contributed by atoms with Gasteiger partial charge in [0.25, 0.3) is 5.69 Å². The average Bonchev–Trinajstić information content (AvgIpc) is 2.74. The third-order valence-corrected chi connectivity index (χ3v) is 5.11. The largest absolute Gasteiger partial charge is 0.463 e. The maximum absolute atomic E-state index is 12.9. The van der Waals surface area contributed by atoms with E-state index in [1.54, 1.807) is 19.9 Å². The van der Waals surface area contributed by atoms with Crippen LogP contribution in [0.1, 0.15) is 31.9 Å². The molecule has 0 saturated heterocycles. The molecule has 2 aromatic rings. The van der Waals surface area contributed by atoms with E-state index in [1.807, 2.05) is 0 Å². The van der Waals surface area contributed by atoms with E-state index in [0.717, 1.165) is 11.8 Å². The molecule has 0 aliphatic heterocycles. The third kappa shape index (κ3) is 8.89. The van der Waals surface area contributed by atoms with E-state index in [4.69, 9.17) is 4.74 Å². The zero-order valence-corrected chi connectivity index (χ0v) is 18.9. The summed E-state index contributed by atoms with van der Waals surface area (Å²) in [7, 11) is 0. The van der Waals surface area contributed by atoms with Gasteiger partial charge >= 0.3 is 5.97 Å². The Kier molecular flexibility index (Phi) is 9.80. The van der Waals surface area contributed by atoms with E-state index < -0.39 is 28.7 Å². The Balaban J connectivity index is 1.98. The first-order chi connectivity index (χ1) is 15.7. The normalized spacial score (nSPS) is 11.5. The molecule has 0 heterocycles. The number of esters is 1. The summed E-state index contributed by atoms with van der Waals surface area (Å²) in [5.74, 6) is -2.08. The highest BCUT2D eigenvalue weighted by Gasteiger charge is 2.26. The van der Waals surface area contributed by atoms with Gasteiger partial charge in [0.1, 0.15) is 5.82 Å². The number of ether oxygens (including phenoxy) is 1. The van der Waals surface area contributed by atoms with Gasteiger partial charge in [-0.15, -0.1) is 11.8 Å². The zero-order chi connectivity index (χ0) is 24.4. The minimum atomic E-state index is -0.973. The van der Waals surface area contributed by atoms with Gasteiger partial charge < -0.3 is 15.4 Å². The third-order valence-electron chi connectivity index (χ3n) is 4.18. The van der Waals surface area contributed by atoms with Gasteiger partial charge in [-0.2, -0.15) is 0 Å². The number of nitrogens with one attached hydrogen (secondary N) is 2. The number of nitro groups is 1. The standard InChI is InChI=1S/C22H24FN3O6S/c1-14(2)32-22(29)11-18(17-5-3-4-6-19(17)26(30)31)25-21(28)13-33-12-20(27)24-16-9-7-15(23)8-10-16/h3-10,14,18H,11-13H2,1-2H3,(H,24,27)(H,25,28). The number of halogens is 1. The molecule has 0 aliphatic rings. The highest BCUT2D eigenvalue weighted by Crippen LogP contribution is 2.27. The summed E-state index contributed by atoms with van der Waals surface area (Å²) in [6.07, 6.45) is -0.667. The van der Waals surface area contributed by atoms with Crippen LogP contribution in [0.4, 0.5) is 15.8 Å². The molecule has 0 aromatic heterocycles. The lowest BCUT2D eigenvalue weighted by Crippen LogP contribution is -2.33. The molecule has 0 bridgehead atoms. The number of hydrogen-bond acceptors (Lipinski definition) is 7. The molecule has 2 aromatic carbocycles. The van der Waals surface area contributed by atoms with E-state index >= 15 is 0 Å². The first-order valence-electron chi connectivity index (χ1n) is 10.0. The molecule has 11 heteroatoms. The summed E-state index contributed by atoms with van der Waals surface area (Å²) in [5, 5.41) is 16.6. The lowest BCUT2D eigenvalue weighted by Gasteiger charge is -2.19. The Labute approximate surface area is 194 Å². The van der Waals surface area contributed by atoms with Crippen LogP contribution in [0, 0.1) is 15.9 Å². The second-order valence-corrected chi connectivity index (χ2v) is 8.21. The lowest BCUT2D eigenvalue weighted by molar-refractivity contribution is -0.385. The van der Waals surface area contributed by atoms with Gasteiger partial charge in [0.05, 0.1) is 40.6 Å². The lowest BCUT2D eigenvalue weighted by atomic mass is 10.0. The molecule has 2 N–H and O–H groups in total. The number of nitro benzene ring substituents is 1. The molecule has 176 valence electrons. The van der Waals surface area contributed by atoms with Gasteiger partial charge in [0.15, 0.2) is 0 Å². The van der Waals surface area contributed by atoms with Crippen LogP contribution in [0.15, 0.2) is 48.5 Å². The van der Waals surface area contributed by atoms with Crippen LogP contribution in [-0.4, -0.2) is 40.3 Å². The quantitative estimate of drug-likeness (QED) is 0.287. The number of rotatable bonds is 11. The van der Waals surface area contributed by atoms with Crippen LogP contribution < -0.4 is 10.6 Å². The summed E-state index contributed by atoms with van der Waals surface area (Å²) in [4.78, 5) is 47.4. The number of para-hydroxylation sites is 1. The molecule has 1 atom stereocenters. The fourth-order valence-corrected chi connectivity index (χ4v) is 3.50. The molecule has 1 unspecified atom stereocenters. The summed E-state index contributed by atoms with van der Waals surface area (Å²) in [6, 6.07) is 10.1. The molecule has 0 spiro atoms. The van der Waals surface area contributed by atoms with Crippen molar-refractivity contribution >= 4 is 40.9 Å². The molecule has 9 nitrogen and oxygen atoms in total. The summed E-state index contributed by atoms with van der Waals surface area (Å²) in [6.45, 7) is 3.34. The molecule has 0 saturated carbocycles. The predicted molar refractivity (Wildman–Crippen MR) is 122 cm³/mol. The van der Waals surface area contributed by atoms with Crippen LogP contribution in [0.3, 0.4) is 0 Å². The molecular weight excluding hydrogens is 453 g/mol. The smallest absolute Gasteiger partial charge is 0.308 e. The maximum atomic E-state index is 12.9.